The van der Waals surface area contributed by atoms with Gasteiger partial charge in [-0.05, 0) is 24.7 Å². The molecule has 2 nitrogen and oxygen atoms in total. The molecule has 1 N–H and O–H groups in total. The number of halogens is 1. The zero-order chi connectivity index (χ0) is 10.1. The van der Waals surface area contributed by atoms with Crippen LogP contribution in [0.1, 0.15) is 19.8 Å². The van der Waals surface area contributed by atoms with Crippen LogP contribution in [0.2, 0.25) is 0 Å². The molecule has 0 radical (unpaired) electrons. The highest BCUT2D eigenvalue weighted by molar-refractivity contribution is 6.18. The van der Waals surface area contributed by atoms with Gasteiger partial charge in [-0.1, -0.05) is 6.92 Å². The van der Waals surface area contributed by atoms with E-state index in [0.29, 0.717) is 11.8 Å². The van der Waals surface area contributed by atoms with Gasteiger partial charge >= 0.3 is 0 Å². The minimum Gasteiger partial charge on any atom is -0.393 e. The Bertz CT molecular complexity index is 200. The Morgan fingerprint density at radius 3 is 2.86 bits per heavy atom. The molecule has 0 aromatic heterocycles. The second-order valence-corrected chi connectivity index (χ2v) is 5.36. The van der Waals surface area contributed by atoms with Gasteiger partial charge in [0.1, 0.15) is 0 Å². The first kappa shape index (κ1) is 10.7. The number of alkyl halides is 1. The lowest BCUT2D eigenvalue weighted by molar-refractivity contribution is 0.123. The summed E-state index contributed by atoms with van der Waals surface area (Å²) in [5.41, 5.74) is 0. The molecule has 1 saturated heterocycles. The molecule has 0 spiro atoms. The first-order chi connectivity index (χ1) is 6.70. The van der Waals surface area contributed by atoms with Crippen molar-refractivity contribution in [1.82, 2.24) is 4.90 Å². The molecule has 2 aliphatic rings. The fraction of sp³-hybridized carbons (Fsp3) is 1.00. The van der Waals surface area contributed by atoms with Crippen LogP contribution in [0.4, 0.5) is 0 Å². The molecular formula is C11H20ClNO. The van der Waals surface area contributed by atoms with Gasteiger partial charge in [0.2, 0.25) is 0 Å². The van der Waals surface area contributed by atoms with E-state index in [1.54, 1.807) is 0 Å². The van der Waals surface area contributed by atoms with Crippen molar-refractivity contribution in [3.8, 4) is 0 Å². The molecule has 82 valence electrons. The van der Waals surface area contributed by atoms with Gasteiger partial charge in [0, 0.05) is 31.4 Å². The highest BCUT2D eigenvalue weighted by Gasteiger charge is 2.41. The van der Waals surface area contributed by atoms with Crippen molar-refractivity contribution < 1.29 is 5.11 Å². The highest BCUT2D eigenvalue weighted by Crippen LogP contribution is 2.38. The van der Waals surface area contributed by atoms with Gasteiger partial charge in [-0.3, -0.25) is 0 Å². The predicted octanol–water partition coefficient (Wildman–Crippen LogP) is 1.56. The molecule has 1 saturated carbocycles. The van der Waals surface area contributed by atoms with Crippen LogP contribution in [0.5, 0.6) is 0 Å². The lowest BCUT2D eigenvalue weighted by Crippen LogP contribution is -2.29. The summed E-state index contributed by atoms with van der Waals surface area (Å²) in [6.07, 6.45) is 2.21. The molecule has 14 heavy (non-hydrogen) atoms. The van der Waals surface area contributed by atoms with Crippen LogP contribution >= 0.6 is 11.6 Å². The van der Waals surface area contributed by atoms with Crippen LogP contribution in [-0.2, 0) is 0 Å². The van der Waals surface area contributed by atoms with E-state index in [0.717, 1.165) is 31.3 Å². The number of hydrogen-bond acceptors (Lipinski definition) is 2. The number of hydrogen-bond donors (Lipinski definition) is 1. The van der Waals surface area contributed by atoms with Crippen molar-refractivity contribution in [2.75, 3.05) is 25.5 Å². The number of aliphatic hydroxyl groups is 1. The van der Waals surface area contributed by atoms with E-state index < -0.39 is 0 Å². The van der Waals surface area contributed by atoms with Crippen molar-refractivity contribution in [2.24, 2.45) is 17.8 Å². The van der Waals surface area contributed by atoms with Gasteiger partial charge in [0.15, 0.2) is 0 Å². The van der Waals surface area contributed by atoms with Crippen LogP contribution < -0.4 is 0 Å². The number of likely N-dealkylation sites (tertiary alicyclic amines) is 1. The zero-order valence-corrected chi connectivity index (χ0v) is 9.58. The molecule has 4 atom stereocenters. The monoisotopic (exact) mass is 217 g/mol. The quantitative estimate of drug-likeness (QED) is 0.726. The zero-order valence-electron chi connectivity index (χ0n) is 8.82. The maximum atomic E-state index is 9.76. The fourth-order valence-electron chi connectivity index (χ4n) is 2.97. The summed E-state index contributed by atoms with van der Waals surface area (Å²) >= 11 is 5.80. The summed E-state index contributed by atoms with van der Waals surface area (Å²) in [5, 5.41) is 9.76. The minimum absolute atomic E-state index is 0.0312. The number of aliphatic hydroxyl groups excluding tert-OH is 1. The van der Waals surface area contributed by atoms with E-state index in [1.165, 1.54) is 13.0 Å². The number of rotatable bonds is 3. The van der Waals surface area contributed by atoms with Crippen molar-refractivity contribution in [2.45, 2.75) is 25.9 Å². The largest absolute Gasteiger partial charge is 0.393 e. The lowest BCUT2D eigenvalue weighted by Gasteiger charge is -2.20. The molecule has 0 amide bonds. The summed E-state index contributed by atoms with van der Waals surface area (Å²) < 4.78 is 0. The van der Waals surface area contributed by atoms with Gasteiger partial charge in [-0.25, -0.2) is 0 Å². The maximum Gasteiger partial charge on any atom is 0.0583 e. The van der Waals surface area contributed by atoms with Crippen molar-refractivity contribution in [3.63, 3.8) is 0 Å². The first-order valence-corrected chi connectivity index (χ1v) is 6.20. The van der Waals surface area contributed by atoms with Gasteiger partial charge in [-0.2, -0.15) is 0 Å². The first-order valence-electron chi connectivity index (χ1n) is 5.67. The average molecular weight is 218 g/mol. The molecule has 0 bridgehead atoms. The van der Waals surface area contributed by atoms with Crippen LogP contribution in [0.15, 0.2) is 0 Å². The molecular weight excluding hydrogens is 198 g/mol. The molecule has 1 aliphatic heterocycles. The topological polar surface area (TPSA) is 23.5 Å². The van der Waals surface area contributed by atoms with E-state index in [2.05, 4.69) is 11.8 Å². The SMILES string of the molecule is CC(CCl)CN1CC2CCC(O)C2C1. The Morgan fingerprint density at radius 1 is 1.43 bits per heavy atom. The van der Waals surface area contributed by atoms with Crippen molar-refractivity contribution >= 4 is 11.6 Å². The fourth-order valence-corrected chi connectivity index (χ4v) is 3.07. The summed E-state index contributed by atoms with van der Waals surface area (Å²) in [5.74, 6) is 2.63. The predicted molar refractivity (Wildman–Crippen MR) is 58.5 cm³/mol. The highest BCUT2D eigenvalue weighted by atomic mass is 35.5. The Hall–Kier alpha value is 0.210. The number of fused-ring (bicyclic) bond motifs is 1. The van der Waals surface area contributed by atoms with Gasteiger partial charge in [-0.15, -0.1) is 11.6 Å². The maximum absolute atomic E-state index is 9.76. The standard InChI is InChI=1S/C11H20ClNO/c1-8(4-12)5-13-6-9-2-3-11(14)10(9)7-13/h8-11,14H,2-7H2,1H3. The summed E-state index contributed by atoms with van der Waals surface area (Å²) in [4.78, 5) is 2.48. The Labute approximate surface area is 91.2 Å². The molecule has 3 heteroatoms. The third-order valence-corrected chi connectivity index (χ3v) is 4.25. The van der Waals surface area contributed by atoms with Gasteiger partial charge in [0.05, 0.1) is 6.10 Å². The molecule has 0 aromatic rings. The van der Waals surface area contributed by atoms with Crippen LogP contribution in [-0.4, -0.2) is 41.6 Å². The van der Waals surface area contributed by atoms with E-state index in [9.17, 15) is 5.11 Å². The second-order valence-electron chi connectivity index (χ2n) is 5.05. The Morgan fingerprint density at radius 2 is 2.21 bits per heavy atom. The molecule has 4 unspecified atom stereocenters. The van der Waals surface area contributed by atoms with E-state index in [4.69, 9.17) is 11.6 Å². The minimum atomic E-state index is -0.0312. The summed E-state index contributed by atoms with van der Waals surface area (Å²) in [7, 11) is 0. The summed E-state index contributed by atoms with van der Waals surface area (Å²) in [6.45, 7) is 5.57. The third kappa shape index (κ3) is 2.07. The smallest absolute Gasteiger partial charge is 0.0583 e. The third-order valence-electron chi connectivity index (χ3n) is 3.73. The van der Waals surface area contributed by atoms with Crippen LogP contribution in [0.3, 0.4) is 0 Å². The Balaban J connectivity index is 1.83. The van der Waals surface area contributed by atoms with Gasteiger partial charge < -0.3 is 10.0 Å². The number of nitrogens with zero attached hydrogens (tertiary/aromatic N) is 1. The molecule has 1 aliphatic carbocycles. The van der Waals surface area contributed by atoms with Crippen LogP contribution in [0.25, 0.3) is 0 Å². The van der Waals surface area contributed by atoms with Gasteiger partial charge in [0.25, 0.3) is 0 Å². The van der Waals surface area contributed by atoms with Crippen molar-refractivity contribution in [1.29, 1.82) is 0 Å². The molecule has 2 fully saturated rings. The second kappa shape index (κ2) is 4.38. The van der Waals surface area contributed by atoms with E-state index >= 15 is 0 Å². The van der Waals surface area contributed by atoms with E-state index in [1.807, 2.05) is 0 Å². The normalized spacial score (nSPS) is 40.1. The van der Waals surface area contributed by atoms with Crippen molar-refractivity contribution in [3.05, 3.63) is 0 Å². The van der Waals surface area contributed by atoms with Crippen LogP contribution in [0, 0.1) is 17.8 Å². The average Bonchev–Trinajstić information content (AvgIpc) is 2.69. The summed E-state index contributed by atoms with van der Waals surface area (Å²) in [6, 6.07) is 0. The molecule has 0 aromatic carbocycles. The molecule has 1 heterocycles. The van der Waals surface area contributed by atoms with E-state index in [-0.39, 0.29) is 6.10 Å². The molecule has 2 rings (SSSR count). The lowest BCUT2D eigenvalue weighted by atomic mass is 10.00. The Kier molecular flexibility index (Phi) is 3.35.